The summed E-state index contributed by atoms with van der Waals surface area (Å²) < 4.78 is 51.3. The van der Waals surface area contributed by atoms with Gasteiger partial charge in [0, 0.05) is 20.1 Å². The summed E-state index contributed by atoms with van der Waals surface area (Å²) in [5.74, 6) is -0.324. The number of nitrogens with zero attached hydrogens (tertiary/aromatic N) is 2. The molecule has 0 fully saturated rings. The van der Waals surface area contributed by atoms with E-state index in [0.29, 0.717) is 12.2 Å². The van der Waals surface area contributed by atoms with Crippen molar-refractivity contribution in [1.82, 2.24) is 15.1 Å². The first-order valence-corrected chi connectivity index (χ1v) is 5.91. The Morgan fingerprint density at radius 1 is 1.15 bits per heavy atom. The van der Waals surface area contributed by atoms with Gasteiger partial charge in [0.1, 0.15) is 5.82 Å². The van der Waals surface area contributed by atoms with E-state index in [0.717, 1.165) is 11.6 Å². The number of alkyl halides is 3. The number of halogens is 4. The quantitative estimate of drug-likeness (QED) is 0.876. The fourth-order valence-electron chi connectivity index (χ4n) is 1.75. The van der Waals surface area contributed by atoms with Crippen LogP contribution in [0.5, 0.6) is 0 Å². The van der Waals surface area contributed by atoms with Crippen molar-refractivity contribution in [3.05, 3.63) is 53.1 Å². The van der Waals surface area contributed by atoms with E-state index in [1.807, 2.05) is 0 Å². The second-order valence-electron chi connectivity index (χ2n) is 4.37. The molecule has 0 aliphatic heterocycles. The van der Waals surface area contributed by atoms with Crippen LogP contribution in [0.3, 0.4) is 0 Å². The van der Waals surface area contributed by atoms with Gasteiger partial charge in [-0.2, -0.15) is 18.3 Å². The lowest BCUT2D eigenvalue weighted by Gasteiger charge is -2.05. The summed E-state index contributed by atoms with van der Waals surface area (Å²) in [5, 5.41) is 6.41. The van der Waals surface area contributed by atoms with E-state index in [2.05, 4.69) is 10.4 Å². The van der Waals surface area contributed by atoms with Gasteiger partial charge >= 0.3 is 6.18 Å². The van der Waals surface area contributed by atoms with Crippen LogP contribution in [0.4, 0.5) is 17.6 Å². The monoisotopic (exact) mass is 287 g/mol. The predicted molar refractivity (Wildman–Crippen MR) is 65.2 cm³/mol. The number of rotatable bonds is 4. The molecule has 0 radical (unpaired) electrons. The molecule has 3 nitrogen and oxygen atoms in total. The lowest BCUT2D eigenvalue weighted by atomic mass is 10.2. The van der Waals surface area contributed by atoms with Crippen LogP contribution in [-0.4, -0.2) is 9.78 Å². The van der Waals surface area contributed by atoms with Gasteiger partial charge in [-0.15, -0.1) is 0 Å². The standard InChI is InChI=1S/C13H13F4N3/c1-20-11(6-12(19-20)13(15,16)17)8-18-7-9-2-4-10(14)5-3-9/h2-6,18H,7-8H2,1H3. The Morgan fingerprint density at radius 2 is 1.80 bits per heavy atom. The van der Waals surface area contributed by atoms with Gasteiger partial charge in [0.2, 0.25) is 0 Å². The molecule has 7 heteroatoms. The van der Waals surface area contributed by atoms with Crippen LogP contribution >= 0.6 is 0 Å². The van der Waals surface area contributed by atoms with Crippen LogP contribution in [0, 0.1) is 5.82 Å². The van der Waals surface area contributed by atoms with Gasteiger partial charge in [-0.05, 0) is 23.8 Å². The molecule has 20 heavy (non-hydrogen) atoms. The van der Waals surface area contributed by atoms with Crippen molar-refractivity contribution in [2.45, 2.75) is 19.3 Å². The highest BCUT2D eigenvalue weighted by atomic mass is 19.4. The molecule has 0 aliphatic carbocycles. The molecule has 1 aromatic heterocycles. The lowest BCUT2D eigenvalue weighted by Crippen LogP contribution is -2.15. The number of hydrogen-bond acceptors (Lipinski definition) is 2. The minimum atomic E-state index is -4.44. The zero-order valence-electron chi connectivity index (χ0n) is 10.7. The average Bonchev–Trinajstić information content (AvgIpc) is 2.74. The minimum absolute atomic E-state index is 0.247. The van der Waals surface area contributed by atoms with Crippen molar-refractivity contribution in [2.75, 3.05) is 0 Å². The van der Waals surface area contributed by atoms with Crippen molar-refractivity contribution in [1.29, 1.82) is 0 Å². The summed E-state index contributed by atoms with van der Waals surface area (Å²) in [7, 11) is 1.46. The van der Waals surface area contributed by atoms with Crippen LogP contribution in [0.25, 0.3) is 0 Å². The fourth-order valence-corrected chi connectivity index (χ4v) is 1.75. The van der Waals surface area contributed by atoms with Crippen molar-refractivity contribution in [3.63, 3.8) is 0 Å². The molecule has 0 aliphatic rings. The second kappa shape index (κ2) is 5.62. The van der Waals surface area contributed by atoms with E-state index in [1.165, 1.54) is 23.9 Å². The predicted octanol–water partition coefficient (Wildman–Crippen LogP) is 2.87. The summed E-state index contributed by atoms with van der Waals surface area (Å²) in [6.07, 6.45) is -4.44. The lowest BCUT2D eigenvalue weighted by molar-refractivity contribution is -0.141. The van der Waals surface area contributed by atoms with E-state index in [4.69, 9.17) is 0 Å². The smallest absolute Gasteiger partial charge is 0.307 e. The van der Waals surface area contributed by atoms with E-state index in [-0.39, 0.29) is 12.4 Å². The summed E-state index contributed by atoms with van der Waals surface area (Å²) in [4.78, 5) is 0. The van der Waals surface area contributed by atoms with Crippen LogP contribution in [0.2, 0.25) is 0 Å². The first kappa shape index (κ1) is 14.5. The third-order valence-electron chi connectivity index (χ3n) is 2.82. The van der Waals surface area contributed by atoms with E-state index >= 15 is 0 Å². The highest BCUT2D eigenvalue weighted by molar-refractivity contribution is 5.16. The van der Waals surface area contributed by atoms with Crippen LogP contribution in [-0.2, 0) is 26.3 Å². The Hall–Kier alpha value is -1.89. The number of aromatic nitrogens is 2. The first-order valence-electron chi connectivity index (χ1n) is 5.91. The normalized spacial score (nSPS) is 11.8. The average molecular weight is 287 g/mol. The molecule has 0 saturated carbocycles. The summed E-state index contributed by atoms with van der Waals surface area (Å²) in [5.41, 5.74) is 0.377. The van der Waals surface area contributed by atoms with Gasteiger partial charge in [-0.1, -0.05) is 12.1 Å². The third-order valence-corrected chi connectivity index (χ3v) is 2.82. The molecule has 0 amide bonds. The molecule has 2 rings (SSSR count). The number of aryl methyl sites for hydroxylation is 1. The van der Waals surface area contributed by atoms with E-state index in [1.54, 1.807) is 12.1 Å². The summed E-state index contributed by atoms with van der Waals surface area (Å²) >= 11 is 0. The van der Waals surface area contributed by atoms with Crippen molar-refractivity contribution < 1.29 is 17.6 Å². The SMILES string of the molecule is Cn1nc(C(F)(F)F)cc1CNCc1ccc(F)cc1. The largest absolute Gasteiger partial charge is 0.435 e. The van der Waals surface area contributed by atoms with Crippen LogP contribution < -0.4 is 5.32 Å². The Bertz CT molecular complexity index is 572. The zero-order chi connectivity index (χ0) is 14.8. The van der Waals surface area contributed by atoms with Gasteiger partial charge < -0.3 is 5.32 Å². The maximum absolute atomic E-state index is 12.7. The molecule has 108 valence electrons. The van der Waals surface area contributed by atoms with Gasteiger partial charge in [0.15, 0.2) is 5.69 Å². The van der Waals surface area contributed by atoms with E-state index in [9.17, 15) is 17.6 Å². The van der Waals surface area contributed by atoms with Gasteiger partial charge in [0.25, 0.3) is 0 Å². The molecule has 0 atom stereocenters. The maximum atomic E-state index is 12.7. The first-order chi connectivity index (χ1) is 9.36. The minimum Gasteiger partial charge on any atom is -0.307 e. The fraction of sp³-hybridized carbons (Fsp3) is 0.308. The van der Waals surface area contributed by atoms with Crippen molar-refractivity contribution >= 4 is 0 Å². The van der Waals surface area contributed by atoms with Gasteiger partial charge in [-0.25, -0.2) is 4.39 Å². The summed E-state index contributed by atoms with van der Waals surface area (Å²) in [6.45, 7) is 0.684. The summed E-state index contributed by atoms with van der Waals surface area (Å²) in [6, 6.07) is 6.92. The number of hydrogen-bond donors (Lipinski definition) is 1. The van der Waals surface area contributed by atoms with Crippen LogP contribution in [0.1, 0.15) is 17.0 Å². The van der Waals surface area contributed by atoms with Gasteiger partial charge in [0.05, 0.1) is 5.69 Å². The Labute approximate surface area is 113 Å². The molecular weight excluding hydrogens is 274 g/mol. The van der Waals surface area contributed by atoms with Crippen molar-refractivity contribution in [3.8, 4) is 0 Å². The highest BCUT2D eigenvalue weighted by Gasteiger charge is 2.34. The Balaban J connectivity index is 1.94. The van der Waals surface area contributed by atoms with E-state index < -0.39 is 11.9 Å². The molecular formula is C13H13F4N3. The molecule has 1 aromatic carbocycles. The Morgan fingerprint density at radius 3 is 2.35 bits per heavy atom. The molecule has 0 unspecified atom stereocenters. The molecule has 2 aromatic rings. The third kappa shape index (κ3) is 3.57. The topological polar surface area (TPSA) is 29.9 Å². The Kier molecular flexibility index (Phi) is 4.08. The molecule has 0 bridgehead atoms. The highest BCUT2D eigenvalue weighted by Crippen LogP contribution is 2.28. The zero-order valence-corrected chi connectivity index (χ0v) is 10.7. The molecule has 1 heterocycles. The molecule has 0 spiro atoms. The second-order valence-corrected chi connectivity index (χ2v) is 4.37. The maximum Gasteiger partial charge on any atom is 0.435 e. The number of benzene rings is 1. The van der Waals surface area contributed by atoms with Gasteiger partial charge in [-0.3, -0.25) is 4.68 Å². The molecule has 1 N–H and O–H groups in total. The molecule has 0 saturated heterocycles. The number of nitrogens with one attached hydrogen (secondary N) is 1. The van der Waals surface area contributed by atoms with Crippen molar-refractivity contribution in [2.24, 2.45) is 7.05 Å². The van der Waals surface area contributed by atoms with Crippen LogP contribution in [0.15, 0.2) is 30.3 Å².